The smallest absolute Gasteiger partial charge is 0.407 e. The van der Waals surface area contributed by atoms with Crippen molar-refractivity contribution in [2.45, 2.75) is 64.4 Å². The maximum atomic E-state index is 12.0. The van der Waals surface area contributed by atoms with Crippen LogP contribution < -0.4 is 5.32 Å². The van der Waals surface area contributed by atoms with Gasteiger partial charge in [0.05, 0.1) is 24.7 Å². The molecule has 0 bridgehead atoms. The third-order valence-electron chi connectivity index (χ3n) is 3.44. The van der Waals surface area contributed by atoms with E-state index in [0.717, 1.165) is 0 Å². The highest BCUT2D eigenvalue weighted by atomic mass is 16.6. The molecule has 0 aromatic carbocycles. The predicted octanol–water partition coefficient (Wildman–Crippen LogP) is 1.62. The van der Waals surface area contributed by atoms with Gasteiger partial charge in [-0.1, -0.05) is 0 Å². The van der Waals surface area contributed by atoms with Crippen molar-refractivity contribution in [1.29, 1.82) is 0 Å². The van der Waals surface area contributed by atoms with Gasteiger partial charge in [-0.15, -0.1) is 0 Å². The first-order valence-corrected chi connectivity index (χ1v) is 7.11. The maximum Gasteiger partial charge on any atom is 0.407 e. The average molecular weight is 285 g/mol. The van der Waals surface area contributed by atoms with E-state index in [4.69, 9.17) is 14.2 Å². The van der Waals surface area contributed by atoms with Crippen molar-refractivity contribution in [2.24, 2.45) is 5.92 Å². The number of amides is 1. The van der Waals surface area contributed by atoms with Crippen LogP contribution in [0, 0.1) is 5.92 Å². The zero-order chi connectivity index (χ0) is 14.9. The van der Waals surface area contributed by atoms with Gasteiger partial charge < -0.3 is 19.5 Å². The zero-order valence-corrected chi connectivity index (χ0v) is 12.5. The highest BCUT2D eigenvalue weighted by Crippen LogP contribution is 2.40. The lowest BCUT2D eigenvalue weighted by molar-refractivity contribution is -0.149. The lowest BCUT2D eigenvalue weighted by Gasteiger charge is -2.29. The Labute approximate surface area is 119 Å². The number of hydrogen-bond acceptors (Lipinski definition) is 5. The molecule has 20 heavy (non-hydrogen) atoms. The molecule has 0 aromatic heterocycles. The molecular formula is C14H23NO5. The number of carbonyl (C=O) groups is 2. The Morgan fingerprint density at radius 2 is 1.90 bits per heavy atom. The van der Waals surface area contributed by atoms with E-state index >= 15 is 0 Å². The molecule has 6 nitrogen and oxygen atoms in total. The van der Waals surface area contributed by atoms with Crippen molar-refractivity contribution in [3.05, 3.63) is 0 Å². The average Bonchev–Trinajstić information content (AvgIpc) is 3.03. The first kappa shape index (κ1) is 15.1. The molecule has 0 spiro atoms. The number of ether oxygens (including phenoxy) is 3. The molecule has 2 aliphatic rings. The van der Waals surface area contributed by atoms with Crippen LogP contribution in [0.15, 0.2) is 0 Å². The summed E-state index contributed by atoms with van der Waals surface area (Å²) in [6.45, 7) is 7.51. The summed E-state index contributed by atoms with van der Waals surface area (Å²) in [5, 5.41) is 2.78. The minimum absolute atomic E-state index is 0.140. The number of rotatable bonds is 3. The Kier molecular flexibility index (Phi) is 4.22. The Hall–Kier alpha value is -1.30. The fourth-order valence-electron chi connectivity index (χ4n) is 2.55. The van der Waals surface area contributed by atoms with Crippen LogP contribution in [0.25, 0.3) is 0 Å². The number of carbonyl (C=O) groups excluding carboxylic acids is 2. The van der Waals surface area contributed by atoms with E-state index < -0.39 is 11.7 Å². The molecule has 1 saturated carbocycles. The fraction of sp³-hybridized carbons (Fsp3) is 0.857. The molecule has 6 heteroatoms. The Balaban J connectivity index is 1.95. The second-order valence-corrected chi connectivity index (χ2v) is 6.30. The molecule has 1 aliphatic heterocycles. The van der Waals surface area contributed by atoms with E-state index in [1.54, 1.807) is 27.7 Å². The maximum absolute atomic E-state index is 12.0. The minimum atomic E-state index is -0.559. The van der Waals surface area contributed by atoms with Gasteiger partial charge in [0, 0.05) is 6.04 Å². The van der Waals surface area contributed by atoms with E-state index in [2.05, 4.69) is 5.32 Å². The summed E-state index contributed by atoms with van der Waals surface area (Å²) >= 11 is 0. The molecule has 1 N–H and O–H groups in total. The molecule has 1 amide bonds. The van der Waals surface area contributed by atoms with E-state index in [0.29, 0.717) is 19.4 Å². The molecule has 4 atom stereocenters. The fourth-order valence-corrected chi connectivity index (χ4v) is 2.55. The molecule has 2 rings (SSSR count). The van der Waals surface area contributed by atoms with Crippen molar-refractivity contribution >= 4 is 12.1 Å². The lowest BCUT2D eigenvalue weighted by atomic mass is 9.84. The predicted molar refractivity (Wildman–Crippen MR) is 71.2 cm³/mol. The molecule has 1 saturated heterocycles. The Bertz CT molecular complexity index is 390. The Morgan fingerprint density at radius 1 is 1.25 bits per heavy atom. The molecule has 0 radical (unpaired) electrons. The van der Waals surface area contributed by atoms with Crippen LogP contribution in [0.2, 0.25) is 0 Å². The second kappa shape index (κ2) is 5.60. The summed E-state index contributed by atoms with van der Waals surface area (Å²) in [4.78, 5) is 23.8. The molecule has 1 aliphatic carbocycles. The summed E-state index contributed by atoms with van der Waals surface area (Å²) in [5.74, 6) is -0.631. The van der Waals surface area contributed by atoms with Gasteiger partial charge in [-0.25, -0.2) is 4.79 Å². The van der Waals surface area contributed by atoms with Crippen LogP contribution in [0.5, 0.6) is 0 Å². The number of hydrogen-bond donors (Lipinski definition) is 1. The number of nitrogens with one attached hydrogen (secondary N) is 1. The topological polar surface area (TPSA) is 77.2 Å². The van der Waals surface area contributed by atoms with Crippen molar-refractivity contribution in [3.63, 3.8) is 0 Å². The van der Waals surface area contributed by atoms with Gasteiger partial charge in [0.1, 0.15) is 5.60 Å². The van der Waals surface area contributed by atoms with Crippen molar-refractivity contribution in [3.8, 4) is 0 Å². The SMILES string of the molecule is CCOC(=O)[C@H]1C[C@@H]2O[C@@H]2C[C@@H]1NC(=O)OC(C)(C)C. The molecule has 1 heterocycles. The van der Waals surface area contributed by atoms with Crippen molar-refractivity contribution in [1.82, 2.24) is 5.32 Å². The van der Waals surface area contributed by atoms with E-state index in [9.17, 15) is 9.59 Å². The van der Waals surface area contributed by atoms with Gasteiger partial charge in [-0.05, 0) is 40.5 Å². The normalized spacial score (nSPS) is 32.0. The standard InChI is InChI=1S/C14H23NO5/c1-5-18-12(16)8-6-10-11(19-10)7-9(8)15-13(17)20-14(2,3)4/h8-11H,5-7H2,1-4H3,(H,15,17)/t8-,9-,10-,11+/m0/s1. The van der Waals surface area contributed by atoms with Crippen molar-refractivity contribution in [2.75, 3.05) is 6.61 Å². The van der Waals surface area contributed by atoms with Crippen molar-refractivity contribution < 1.29 is 23.8 Å². The van der Waals surface area contributed by atoms with Gasteiger partial charge in [0.25, 0.3) is 0 Å². The lowest BCUT2D eigenvalue weighted by Crippen LogP contribution is -2.48. The van der Waals surface area contributed by atoms with Crippen LogP contribution in [-0.4, -0.2) is 42.5 Å². The van der Waals surface area contributed by atoms with Gasteiger partial charge in [-0.3, -0.25) is 4.79 Å². The highest BCUT2D eigenvalue weighted by molar-refractivity contribution is 5.75. The summed E-state index contributed by atoms with van der Waals surface area (Å²) < 4.78 is 15.8. The second-order valence-electron chi connectivity index (χ2n) is 6.30. The van der Waals surface area contributed by atoms with E-state index in [-0.39, 0.29) is 30.1 Å². The Morgan fingerprint density at radius 3 is 2.50 bits per heavy atom. The molecular weight excluding hydrogens is 262 g/mol. The van der Waals surface area contributed by atoms with Gasteiger partial charge >= 0.3 is 12.1 Å². The van der Waals surface area contributed by atoms with Crippen LogP contribution in [0.4, 0.5) is 4.79 Å². The number of alkyl carbamates (subject to hydrolysis) is 1. The summed E-state index contributed by atoms with van der Waals surface area (Å²) in [6, 6.07) is -0.285. The molecule has 0 unspecified atom stereocenters. The molecule has 114 valence electrons. The molecule has 0 aromatic rings. The first-order chi connectivity index (χ1) is 9.30. The summed E-state index contributed by atoms with van der Waals surface area (Å²) in [7, 11) is 0. The van der Waals surface area contributed by atoms with E-state index in [1.807, 2.05) is 0 Å². The first-order valence-electron chi connectivity index (χ1n) is 7.11. The zero-order valence-electron chi connectivity index (χ0n) is 12.5. The van der Waals surface area contributed by atoms with E-state index in [1.165, 1.54) is 0 Å². The third kappa shape index (κ3) is 3.85. The quantitative estimate of drug-likeness (QED) is 0.630. The van der Waals surface area contributed by atoms with Crippen LogP contribution >= 0.6 is 0 Å². The van der Waals surface area contributed by atoms with Crippen LogP contribution in [0.1, 0.15) is 40.5 Å². The van der Waals surface area contributed by atoms with Crippen LogP contribution in [-0.2, 0) is 19.0 Å². The summed E-state index contributed by atoms with van der Waals surface area (Å²) in [5.41, 5.74) is -0.559. The third-order valence-corrected chi connectivity index (χ3v) is 3.44. The minimum Gasteiger partial charge on any atom is -0.466 e. The van der Waals surface area contributed by atoms with Gasteiger partial charge in [0.15, 0.2) is 0 Å². The highest BCUT2D eigenvalue weighted by Gasteiger charge is 2.51. The van der Waals surface area contributed by atoms with Crippen LogP contribution in [0.3, 0.4) is 0 Å². The van der Waals surface area contributed by atoms with Gasteiger partial charge in [-0.2, -0.15) is 0 Å². The number of fused-ring (bicyclic) bond motifs is 1. The number of epoxide rings is 1. The number of esters is 1. The van der Waals surface area contributed by atoms with Gasteiger partial charge in [0.2, 0.25) is 0 Å². The summed E-state index contributed by atoms with van der Waals surface area (Å²) in [6.07, 6.45) is 1.02. The monoisotopic (exact) mass is 285 g/mol. The molecule has 2 fully saturated rings. The largest absolute Gasteiger partial charge is 0.466 e.